The molecule has 2 aromatic heterocycles. The van der Waals surface area contributed by atoms with E-state index < -0.39 is 18.0 Å². The summed E-state index contributed by atoms with van der Waals surface area (Å²) in [4.78, 5) is 9.66. The molecule has 5 nitrogen and oxygen atoms in total. The van der Waals surface area contributed by atoms with Gasteiger partial charge in [0.25, 0.3) is 0 Å². The first kappa shape index (κ1) is 19.0. The van der Waals surface area contributed by atoms with Gasteiger partial charge in [0.2, 0.25) is 0 Å². The number of anilines is 1. The second kappa shape index (κ2) is 6.92. The average molecular weight is 393 g/mol. The number of hydrogen-bond donors (Lipinski definition) is 1. The predicted molar refractivity (Wildman–Crippen MR) is 97.0 cm³/mol. The molecule has 8 heteroatoms. The van der Waals surface area contributed by atoms with E-state index in [1.165, 1.54) is 12.3 Å². The Morgan fingerprint density at radius 3 is 2.61 bits per heavy atom. The maximum atomic E-state index is 12.6. The van der Waals surface area contributed by atoms with Gasteiger partial charge in [-0.05, 0) is 43.9 Å². The highest BCUT2D eigenvalue weighted by Gasteiger charge is 2.54. The van der Waals surface area contributed by atoms with Crippen LogP contribution in [0.2, 0.25) is 0 Å². The third-order valence-corrected chi connectivity index (χ3v) is 5.72. The predicted octanol–water partition coefficient (Wildman–Crippen LogP) is 3.84. The van der Waals surface area contributed by atoms with Crippen molar-refractivity contribution in [2.45, 2.75) is 32.0 Å². The minimum atomic E-state index is -4.42. The molecule has 0 amide bonds. The summed E-state index contributed by atoms with van der Waals surface area (Å²) in [6, 6.07) is 4.25. The third kappa shape index (κ3) is 3.41. The number of aliphatic hydroxyl groups excluding tert-OH is 1. The van der Waals surface area contributed by atoms with Crippen LogP contribution in [-0.2, 0) is 6.18 Å². The molecule has 2 aromatic rings. The molecule has 28 heavy (non-hydrogen) atoms. The minimum absolute atomic E-state index is 0.127. The number of aliphatic hydroxyl groups is 1. The van der Waals surface area contributed by atoms with Gasteiger partial charge < -0.3 is 14.7 Å². The Morgan fingerprint density at radius 1 is 1.25 bits per heavy atom. The van der Waals surface area contributed by atoms with E-state index in [4.69, 9.17) is 4.74 Å². The molecule has 0 aromatic carbocycles. The molecule has 1 spiro atoms. The van der Waals surface area contributed by atoms with E-state index in [-0.39, 0.29) is 11.3 Å². The molecule has 150 valence electrons. The first-order valence-electron chi connectivity index (χ1n) is 9.34. The molecule has 1 unspecified atom stereocenters. The van der Waals surface area contributed by atoms with E-state index in [9.17, 15) is 18.3 Å². The Kier molecular flexibility index (Phi) is 4.69. The van der Waals surface area contributed by atoms with Gasteiger partial charge in [0, 0.05) is 36.5 Å². The van der Waals surface area contributed by atoms with Crippen LogP contribution in [0.1, 0.15) is 37.1 Å². The number of pyridine rings is 2. The summed E-state index contributed by atoms with van der Waals surface area (Å²) < 4.78 is 43.5. The quantitative estimate of drug-likeness (QED) is 0.836. The van der Waals surface area contributed by atoms with Crippen molar-refractivity contribution in [1.29, 1.82) is 0 Å². The van der Waals surface area contributed by atoms with Gasteiger partial charge in [0.1, 0.15) is 11.4 Å². The van der Waals surface area contributed by atoms with Crippen molar-refractivity contribution in [2.75, 3.05) is 24.6 Å². The zero-order valence-corrected chi connectivity index (χ0v) is 15.5. The van der Waals surface area contributed by atoms with E-state index in [1.54, 1.807) is 18.5 Å². The third-order valence-electron chi connectivity index (χ3n) is 5.72. The van der Waals surface area contributed by atoms with Gasteiger partial charge in [-0.1, -0.05) is 0 Å². The second-order valence-electron chi connectivity index (χ2n) is 7.72. The Balaban J connectivity index is 1.34. The topological polar surface area (TPSA) is 58.5 Å². The molecule has 3 heterocycles. The first-order chi connectivity index (χ1) is 13.3. The number of nitrogens with zero attached hydrogens (tertiary/aromatic N) is 3. The van der Waals surface area contributed by atoms with Crippen LogP contribution in [0.5, 0.6) is 5.75 Å². The van der Waals surface area contributed by atoms with Crippen LogP contribution in [0.3, 0.4) is 0 Å². The normalized spacial score (nSPS) is 19.8. The number of alkyl halides is 3. The fourth-order valence-corrected chi connectivity index (χ4v) is 4.38. The van der Waals surface area contributed by atoms with Crippen LogP contribution < -0.4 is 9.64 Å². The van der Waals surface area contributed by atoms with Crippen LogP contribution >= 0.6 is 0 Å². The standard InChI is InChI=1S/C20H22F3N3O2/c1-2-28-16-5-6-24-10-15(16)18(27)13-7-19(8-13)11-26(12-19)14-3-4-17(25-9-14)20(21,22)23/h3-6,9-10,13,18,27H,2,7-8,11-12H2,1H3. The monoisotopic (exact) mass is 393 g/mol. The lowest BCUT2D eigenvalue weighted by Gasteiger charge is -2.60. The SMILES string of the molecule is CCOc1ccncc1C(O)C1CC2(C1)CN(c1ccc(C(F)(F)F)nc1)C2. The van der Waals surface area contributed by atoms with E-state index in [0.29, 0.717) is 23.6 Å². The summed E-state index contributed by atoms with van der Waals surface area (Å²) in [5.74, 6) is 0.799. The van der Waals surface area contributed by atoms with Gasteiger partial charge in [-0.25, -0.2) is 4.98 Å². The molecule has 1 aliphatic heterocycles. The highest BCUT2D eigenvalue weighted by molar-refractivity contribution is 5.49. The molecule has 1 aliphatic carbocycles. The average Bonchev–Trinajstić information content (AvgIpc) is 2.59. The molecule has 1 atom stereocenters. The zero-order chi connectivity index (χ0) is 19.9. The van der Waals surface area contributed by atoms with E-state index in [2.05, 4.69) is 9.97 Å². The maximum absolute atomic E-state index is 12.6. The highest BCUT2D eigenvalue weighted by atomic mass is 19.4. The minimum Gasteiger partial charge on any atom is -0.493 e. The van der Waals surface area contributed by atoms with Gasteiger partial charge in [0.15, 0.2) is 0 Å². The van der Waals surface area contributed by atoms with Crippen molar-refractivity contribution in [3.63, 3.8) is 0 Å². The van der Waals surface area contributed by atoms with Gasteiger partial charge in [-0.15, -0.1) is 0 Å². The van der Waals surface area contributed by atoms with Crippen molar-refractivity contribution in [1.82, 2.24) is 9.97 Å². The number of ether oxygens (including phenoxy) is 1. The lowest BCUT2D eigenvalue weighted by molar-refractivity contribution is -0.141. The van der Waals surface area contributed by atoms with Gasteiger partial charge >= 0.3 is 6.18 Å². The maximum Gasteiger partial charge on any atom is 0.433 e. The number of rotatable bonds is 5. The Morgan fingerprint density at radius 2 is 2.00 bits per heavy atom. The molecule has 0 radical (unpaired) electrons. The van der Waals surface area contributed by atoms with Crippen LogP contribution in [0.25, 0.3) is 0 Å². The van der Waals surface area contributed by atoms with E-state index >= 15 is 0 Å². The molecule has 2 aliphatic rings. The second-order valence-corrected chi connectivity index (χ2v) is 7.72. The van der Waals surface area contributed by atoms with Crippen LogP contribution in [0.4, 0.5) is 18.9 Å². The van der Waals surface area contributed by atoms with Crippen LogP contribution in [0.15, 0.2) is 36.8 Å². The van der Waals surface area contributed by atoms with Gasteiger partial charge in [-0.3, -0.25) is 4.98 Å². The fourth-order valence-electron chi connectivity index (χ4n) is 4.38. The molecule has 4 rings (SSSR count). The molecular weight excluding hydrogens is 371 g/mol. The van der Waals surface area contributed by atoms with Crippen molar-refractivity contribution in [3.05, 3.63) is 48.0 Å². The Bertz CT molecular complexity index is 827. The fraction of sp³-hybridized carbons (Fsp3) is 0.500. The summed E-state index contributed by atoms with van der Waals surface area (Å²) >= 11 is 0. The highest BCUT2D eigenvalue weighted by Crippen LogP contribution is 2.56. The van der Waals surface area contributed by atoms with Crippen molar-refractivity contribution in [2.24, 2.45) is 11.3 Å². The number of halogens is 3. The van der Waals surface area contributed by atoms with Crippen LogP contribution in [0, 0.1) is 11.3 Å². The molecule has 1 N–H and O–H groups in total. The molecule has 1 saturated heterocycles. The van der Waals surface area contributed by atoms with Gasteiger partial charge in [0.05, 0.1) is 24.6 Å². The van der Waals surface area contributed by atoms with Crippen molar-refractivity contribution in [3.8, 4) is 5.75 Å². The molecule has 1 saturated carbocycles. The summed E-state index contributed by atoms with van der Waals surface area (Å²) in [6.45, 7) is 3.96. The summed E-state index contributed by atoms with van der Waals surface area (Å²) in [7, 11) is 0. The van der Waals surface area contributed by atoms with Crippen LogP contribution in [-0.4, -0.2) is 34.8 Å². The van der Waals surface area contributed by atoms with E-state index in [0.717, 1.165) is 32.0 Å². The van der Waals surface area contributed by atoms with Gasteiger partial charge in [-0.2, -0.15) is 13.2 Å². The molecular formula is C20H22F3N3O2. The lowest BCUT2D eigenvalue weighted by atomic mass is 9.55. The number of hydrogen-bond acceptors (Lipinski definition) is 5. The Hall–Kier alpha value is -2.35. The number of aromatic nitrogens is 2. The smallest absolute Gasteiger partial charge is 0.433 e. The Labute approximate surface area is 161 Å². The lowest BCUT2D eigenvalue weighted by Crippen LogP contribution is -2.63. The molecule has 2 fully saturated rings. The van der Waals surface area contributed by atoms with Crippen molar-refractivity contribution < 1.29 is 23.0 Å². The summed E-state index contributed by atoms with van der Waals surface area (Å²) in [6.07, 6.45) is 1.29. The van der Waals surface area contributed by atoms with E-state index in [1.807, 2.05) is 11.8 Å². The summed E-state index contributed by atoms with van der Waals surface area (Å²) in [5.41, 5.74) is 0.670. The first-order valence-corrected chi connectivity index (χ1v) is 9.34. The summed E-state index contributed by atoms with van der Waals surface area (Å²) in [5, 5.41) is 10.7. The van der Waals surface area contributed by atoms with Crippen molar-refractivity contribution >= 4 is 5.69 Å². The zero-order valence-electron chi connectivity index (χ0n) is 15.5. The molecule has 0 bridgehead atoms. The largest absolute Gasteiger partial charge is 0.493 e.